The van der Waals surface area contributed by atoms with E-state index in [4.69, 9.17) is 19.4 Å². The van der Waals surface area contributed by atoms with Gasteiger partial charge in [-0.25, -0.2) is 4.98 Å². The zero-order valence-electron chi connectivity index (χ0n) is 22.0. The predicted octanol–water partition coefficient (Wildman–Crippen LogP) is 6.58. The van der Waals surface area contributed by atoms with Gasteiger partial charge < -0.3 is 14.4 Å². The average molecular weight is 546 g/mol. The van der Waals surface area contributed by atoms with Crippen LogP contribution in [0.25, 0.3) is 34.0 Å². The lowest BCUT2D eigenvalue weighted by atomic mass is 10.1. The molecule has 4 aromatic rings. The summed E-state index contributed by atoms with van der Waals surface area (Å²) >= 11 is 3.91. The Morgan fingerprint density at radius 2 is 1.26 bits per heavy atom. The molecule has 0 aliphatic carbocycles. The van der Waals surface area contributed by atoms with E-state index in [1.807, 2.05) is 36.5 Å². The van der Waals surface area contributed by atoms with Gasteiger partial charge in [-0.2, -0.15) is 23.5 Å². The van der Waals surface area contributed by atoms with Crippen LogP contribution in [0.4, 0.5) is 5.69 Å². The fourth-order valence-corrected chi connectivity index (χ4v) is 6.01. The number of rotatable bonds is 3. The molecule has 2 aromatic carbocycles. The summed E-state index contributed by atoms with van der Waals surface area (Å²) in [7, 11) is 0. The number of pyridine rings is 2. The first-order valence-electron chi connectivity index (χ1n) is 13.3. The van der Waals surface area contributed by atoms with Gasteiger partial charge in [0.05, 0.1) is 43.2 Å². The Hall–Kier alpha value is -2.58. The summed E-state index contributed by atoms with van der Waals surface area (Å²) in [5, 5.41) is 2.23. The van der Waals surface area contributed by atoms with Crippen molar-refractivity contribution in [1.82, 2.24) is 9.97 Å². The maximum atomic E-state index is 5.65. The second-order valence-electron chi connectivity index (χ2n) is 9.26. The van der Waals surface area contributed by atoms with Crippen molar-refractivity contribution in [2.45, 2.75) is 6.92 Å². The van der Waals surface area contributed by atoms with E-state index in [9.17, 15) is 0 Å². The standard InChI is InChI=1S/C31H35N3O2S2/c1-24-2-6-26-7-8-27-9-11-28(33-31(27)30(26)32-24)10-3-25-4-12-29(13-5-25)34-14-20-37-22-18-35-16-17-36-19-23-38-21-15-34/h2-13H,14-23H2,1H3. The van der Waals surface area contributed by atoms with Crippen LogP contribution in [0.2, 0.25) is 0 Å². The van der Waals surface area contributed by atoms with E-state index in [0.29, 0.717) is 13.2 Å². The zero-order valence-corrected chi connectivity index (χ0v) is 23.6. The molecule has 3 heterocycles. The SMILES string of the molecule is Cc1ccc2ccc3ccc(C=Cc4ccc(N5CCSCCOCCOCCSCC5)cc4)nc3c2n1. The highest BCUT2D eigenvalue weighted by Crippen LogP contribution is 2.24. The first kappa shape index (κ1) is 27.0. The van der Waals surface area contributed by atoms with Crippen LogP contribution in [0.3, 0.4) is 0 Å². The van der Waals surface area contributed by atoms with Crippen molar-refractivity contribution in [3.05, 3.63) is 77.6 Å². The highest BCUT2D eigenvalue weighted by atomic mass is 32.2. The van der Waals surface area contributed by atoms with Crippen LogP contribution in [0, 0.1) is 6.92 Å². The van der Waals surface area contributed by atoms with Gasteiger partial charge in [0.25, 0.3) is 0 Å². The van der Waals surface area contributed by atoms with E-state index < -0.39 is 0 Å². The van der Waals surface area contributed by atoms with E-state index >= 15 is 0 Å². The maximum Gasteiger partial charge on any atom is 0.0971 e. The molecule has 7 heteroatoms. The molecule has 0 unspecified atom stereocenters. The molecule has 1 aliphatic heterocycles. The molecule has 2 aromatic heterocycles. The number of fused-ring (bicyclic) bond motifs is 3. The number of thioether (sulfide) groups is 2. The molecular weight excluding hydrogens is 510 g/mol. The van der Waals surface area contributed by atoms with E-state index in [-0.39, 0.29) is 0 Å². The van der Waals surface area contributed by atoms with Crippen molar-refractivity contribution in [2.75, 3.05) is 67.4 Å². The van der Waals surface area contributed by atoms with Crippen LogP contribution in [-0.4, -0.2) is 72.5 Å². The zero-order chi connectivity index (χ0) is 26.0. The van der Waals surface area contributed by atoms with Gasteiger partial charge >= 0.3 is 0 Å². The predicted molar refractivity (Wildman–Crippen MR) is 166 cm³/mol. The Morgan fingerprint density at radius 3 is 1.95 bits per heavy atom. The molecule has 5 rings (SSSR count). The Balaban J connectivity index is 1.26. The van der Waals surface area contributed by atoms with Crippen molar-refractivity contribution < 1.29 is 9.47 Å². The van der Waals surface area contributed by atoms with Crippen LogP contribution in [-0.2, 0) is 9.47 Å². The van der Waals surface area contributed by atoms with Gasteiger partial charge in [0.2, 0.25) is 0 Å². The minimum Gasteiger partial charge on any atom is -0.378 e. The fraction of sp³-hybridized carbons (Fsp3) is 0.355. The minimum absolute atomic E-state index is 0.697. The molecule has 0 radical (unpaired) electrons. The molecule has 1 saturated heterocycles. The molecule has 0 spiro atoms. The van der Waals surface area contributed by atoms with Gasteiger partial charge in [0, 0.05) is 58.3 Å². The lowest BCUT2D eigenvalue weighted by Crippen LogP contribution is -2.28. The fourth-order valence-electron chi connectivity index (χ4n) is 4.43. The Labute approximate surface area is 234 Å². The molecule has 1 aliphatic rings. The summed E-state index contributed by atoms with van der Waals surface area (Å²) < 4.78 is 11.3. The molecule has 0 atom stereocenters. The average Bonchev–Trinajstić information content (AvgIpc) is 2.96. The van der Waals surface area contributed by atoms with Crippen LogP contribution < -0.4 is 4.90 Å². The van der Waals surface area contributed by atoms with Crippen molar-refractivity contribution in [1.29, 1.82) is 0 Å². The molecule has 198 valence electrons. The topological polar surface area (TPSA) is 47.5 Å². The number of aromatic nitrogens is 2. The smallest absolute Gasteiger partial charge is 0.0971 e. The monoisotopic (exact) mass is 545 g/mol. The molecule has 1 fully saturated rings. The number of ether oxygens (including phenoxy) is 2. The lowest BCUT2D eigenvalue weighted by molar-refractivity contribution is 0.0605. The van der Waals surface area contributed by atoms with Crippen LogP contribution in [0.1, 0.15) is 17.0 Å². The molecule has 5 nitrogen and oxygen atoms in total. The highest BCUT2D eigenvalue weighted by Gasteiger charge is 2.08. The third kappa shape index (κ3) is 7.50. The number of nitrogens with zero attached hydrogens (tertiary/aromatic N) is 3. The van der Waals surface area contributed by atoms with E-state index in [0.717, 1.165) is 82.5 Å². The largest absolute Gasteiger partial charge is 0.378 e. The summed E-state index contributed by atoms with van der Waals surface area (Å²) in [5.74, 6) is 4.26. The van der Waals surface area contributed by atoms with Gasteiger partial charge in [-0.3, -0.25) is 4.98 Å². The van der Waals surface area contributed by atoms with Gasteiger partial charge in [0.15, 0.2) is 0 Å². The first-order chi connectivity index (χ1) is 18.8. The van der Waals surface area contributed by atoms with Crippen molar-refractivity contribution in [2.24, 2.45) is 0 Å². The highest BCUT2D eigenvalue weighted by molar-refractivity contribution is 7.99. The number of anilines is 1. The number of hydrogen-bond acceptors (Lipinski definition) is 7. The van der Waals surface area contributed by atoms with Crippen molar-refractivity contribution in [3.8, 4) is 0 Å². The number of hydrogen-bond donors (Lipinski definition) is 0. The second-order valence-corrected chi connectivity index (χ2v) is 11.7. The van der Waals surface area contributed by atoms with Crippen LogP contribution in [0.5, 0.6) is 0 Å². The van der Waals surface area contributed by atoms with Gasteiger partial charge in [0.1, 0.15) is 0 Å². The second kappa shape index (κ2) is 14.0. The van der Waals surface area contributed by atoms with Crippen LogP contribution >= 0.6 is 23.5 Å². The Kier molecular flexibility index (Phi) is 9.94. The lowest BCUT2D eigenvalue weighted by Gasteiger charge is -2.25. The third-order valence-corrected chi connectivity index (χ3v) is 8.37. The van der Waals surface area contributed by atoms with E-state index in [1.54, 1.807) is 0 Å². The first-order valence-corrected chi connectivity index (χ1v) is 15.6. The number of benzene rings is 2. The van der Waals surface area contributed by atoms with E-state index in [1.165, 1.54) is 11.3 Å². The summed E-state index contributed by atoms with van der Waals surface area (Å²) in [6.45, 7) is 7.09. The molecular formula is C31H35N3O2S2. The Morgan fingerprint density at radius 1 is 0.658 bits per heavy atom. The van der Waals surface area contributed by atoms with Gasteiger partial charge in [-0.05, 0) is 42.8 Å². The van der Waals surface area contributed by atoms with Crippen LogP contribution in [0.15, 0.2) is 60.7 Å². The minimum atomic E-state index is 0.697. The quantitative estimate of drug-likeness (QED) is 0.270. The van der Waals surface area contributed by atoms with E-state index in [2.05, 4.69) is 71.6 Å². The summed E-state index contributed by atoms with van der Waals surface area (Å²) in [4.78, 5) is 12.2. The van der Waals surface area contributed by atoms with Crippen molar-refractivity contribution in [3.63, 3.8) is 0 Å². The molecule has 0 bridgehead atoms. The summed E-state index contributed by atoms with van der Waals surface area (Å²) in [6.07, 6.45) is 4.23. The maximum absolute atomic E-state index is 5.65. The summed E-state index contributed by atoms with van der Waals surface area (Å²) in [6, 6.07) is 21.5. The normalized spacial score (nSPS) is 17.0. The number of aryl methyl sites for hydroxylation is 1. The van der Waals surface area contributed by atoms with Crippen molar-refractivity contribution >= 4 is 63.2 Å². The summed E-state index contributed by atoms with van der Waals surface area (Å²) in [5.41, 5.74) is 6.30. The molecule has 0 amide bonds. The van der Waals surface area contributed by atoms with Gasteiger partial charge in [-0.1, -0.05) is 42.5 Å². The molecule has 0 N–H and O–H groups in total. The molecule has 38 heavy (non-hydrogen) atoms. The third-order valence-electron chi connectivity index (χ3n) is 6.51. The molecule has 0 saturated carbocycles. The van der Waals surface area contributed by atoms with Gasteiger partial charge in [-0.15, -0.1) is 0 Å². The Bertz CT molecular complexity index is 1340.